The molecule has 5 heterocycles. The number of nitrogens with zero attached hydrogens (tertiary/aromatic N) is 4. The summed E-state index contributed by atoms with van der Waals surface area (Å²) in [4.78, 5) is 71.6. The molecule has 8 rings (SSSR count). The SMILES string of the molecule is COC(=O)NC(C(=O)N1CCC[C@H]1c1ncc(-c2ccc3c(c2)Oc2cc(-c4ccc5nc([C@@H]6CCCN6C(=O)[C@@H](NC(=O)OC)C(C)C)[nH]c5c4)ccc2C3)[nH]1)C(C)C. The van der Waals surface area contributed by atoms with Gasteiger partial charge in [-0.3, -0.25) is 9.59 Å². The molecule has 0 spiro atoms. The molecule has 5 aromatic rings. The van der Waals surface area contributed by atoms with E-state index in [0.29, 0.717) is 18.9 Å². The summed E-state index contributed by atoms with van der Waals surface area (Å²) in [6, 6.07) is 16.7. The van der Waals surface area contributed by atoms with Crippen molar-refractivity contribution in [1.82, 2.24) is 40.4 Å². The molecule has 1 unspecified atom stereocenters. The second-order valence-electron chi connectivity index (χ2n) is 16.6. The van der Waals surface area contributed by atoms with Gasteiger partial charge in [0.1, 0.15) is 35.2 Å². The molecule has 3 aromatic carbocycles. The van der Waals surface area contributed by atoms with E-state index in [1.54, 1.807) is 11.1 Å². The molecule has 0 radical (unpaired) electrons. The highest BCUT2D eigenvalue weighted by Crippen LogP contribution is 2.42. The topological polar surface area (TPSA) is 184 Å². The van der Waals surface area contributed by atoms with Crippen molar-refractivity contribution in [2.75, 3.05) is 27.3 Å². The Labute approximate surface area is 348 Å². The molecule has 4 N–H and O–H groups in total. The summed E-state index contributed by atoms with van der Waals surface area (Å²) >= 11 is 0. The lowest BCUT2D eigenvalue weighted by atomic mass is 9.95. The number of aromatic amines is 2. The van der Waals surface area contributed by atoms with Crippen molar-refractivity contribution in [1.29, 1.82) is 0 Å². The van der Waals surface area contributed by atoms with Crippen LogP contribution in [0.5, 0.6) is 11.5 Å². The third kappa shape index (κ3) is 7.87. The van der Waals surface area contributed by atoms with Gasteiger partial charge in [0.25, 0.3) is 0 Å². The molecule has 2 saturated heterocycles. The minimum atomic E-state index is -0.704. The summed E-state index contributed by atoms with van der Waals surface area (Å²) in [5, 5.41) is 5.41. The van der Waals surface area contributed by atoms with E-state index in [2.05, 4.69) is 57.0 Å². The number of ether oxygens (including phenoxy) is 3. The molecule has 3 aliphatic rings. The van der Waals surface area contributed by atoms with Crippen LogP contribution in [0.4, 0.5) is 9.59 Å². The van der Waals surface area contributed by atoms with Crippen LogP contribution in [0.15, 0.2) is 60.8 Å². The Morgan fingerprint density at radius 2 is 1.25 bits per heavy atom. The number of fused-ring (bicyclic) bond motifs is 3. The van der Waals surface area contributed by atoms with Gasteiger partial charge in [0, 0.05) is 25.1 Å². The Hall–Kier alpha value is -6.38. The Balaban J connectivity index is 0.980. The van der Waals surface area contributed by atoms with E-state index in [0.717, 1.165) is 94.0 Å². The minimum absolute atomic E-state index is 0.117. The van der Waals surface area contributed by atoms with Gasteiger partial charge in [0.2, 0.25) is 11.8 Å². The summed E-state index contributed by atoms with van der Waals surface area (Å²) in [5.41, 5.74) is 7.56. The number of imidazole rings is 2. The Kier molecular flexibility index (Phi) is 11.2. The van der Waals surface area contributed by atoms with Crippen molar-refractivity contribution in [3.8, 4) is 33.9 Å². The molecule has 0 aliphatic carbocycles. The van der Waals surface area contributed by atoms with Gasteiger partial charge in [-0.2, -0.15) is 0 Å². The summed E-state index contributed by atoms with van der Waals surface area (Å²) in [7, 11) is 2.58. The van der Waals surface area contributed by atoms with Crippen molar-refractivity contribution < 1.29 is 33.4 Å². The first-order valence-electron chi connectivity index (χ1n) is 20.7. The number of hydrogen-bond donors (Lipinski definition) is 4. The van der Waals surface area contributed by atoms with Crippen molar-refractivity contribution in [2.45, 2.75) is 84.0 Å². The van der Waals surface area contributed by atoms with Crippen LogP contribution in [-0.2, 0) is 25.5 Å². The molecule has 2 fully saturated rings. The highest BCUT2D eigenvalue weighted by atomic mass is 16.5. The summed E-state index contributed by atoms with van der Waals surface area (Å²) in [6.45, 7) is 8.77. The van der Waals surface area contributed by atoms with Gasteiger partial charge < -0.3 is 44.6 Å². The number of rotatable bonds is 10. The van der Waals surface area contributed by atoms with Gasteiger partial charge in [0.15, 0.2) is 0 Å². The molecule has 314 valence electrons. The number of amides is 4. The fourth-order valence-electron chi connectivity index (χ4n) is 8.67. The minimum Gasteiger partial charge on any atom is -0.457 e. The van der Waals surface area contributed by atoms with E-state index >= 15 is 0 Å². The zero-order valence-corrected chi connectivity index (χ0v) is 34.8. The number of carbonyl (C=O) groups is 4. The number of benzene rings is 3. The van der Waals surface area contributed by atoms with Crippen molar-refractivity contribution in [2.24, 2.45) is 11.8 Å². The van der Waals surface area contributed by atoms with Crippen LogP contribution < -0.4 is 15.4 Å². The first kappa shape index (κ1) is 40.4. The summed E-state index contributed by atoms with van der Waals surface area (Å²) in [6.07, 6.45) is 4.46. The second kappa shape index (κ2) is 16.7. The molecule has 0 bridgehead atoms. The quantitative estimate of drug-likeness (QED) is 0.109. The largest absolute Gasteiger partial charge is 0.457 e. The maximum absolute atomic E-state index is 13.7. The molecular formula is C45H52N8O7. The van der Waals surface area contributed by atoms with E-state index in [1.807, 2.05) is 50.8 Å². The van der Waals surface area contributed by atoms with Crippen molar-refractivity contribution >= 4 is 35.0 Å². The van der Waals surface area contributed by atoms with Crippen LogP contribution in [0.1, 0.15) is 88.2 Å². The van der Waals surface area contributed by atoms with Gasteiger partial charge in [-0.1, -0.05) is 58.0 Å². The number of alkyl carbamates (subject to hydrolysis) is 2. The van der Waals surface area contributed by atoms with E-state index in [-0.39, 0.29) is 35.7 Å². The van der Waals surface area contributed by atoms with Gasteiger partial charge >= 0.3 is 12.2 Å². The Morgan fingerprint density at radius 1 is 0.717 bits per heavy atom. The highest BCUT2D eigenvalue weighted by Gasteiger charge is 2.39. The predicted molar refractivity (Wildman–Crippen MR) is 224 cm³/mol. The summed E-state index contributed by atoms with van der Waals surface area (Å²) < 4.78 is 16.1. The zero-order chi connectivity index (χ0) is 42.2. The number of carbonyl (C=O) groups excluding carboxylic acids is 4. The molecule has 15 nitrogen and oxygen atoms in total. The normalized spacial score (nSPS) is 18.2. The number of methoxy groups -OCH3 is 2. The average Bonchev–Trinajstić information content (AvgIpc) is 4.09. The molecule has 15 heteroatoms. The summed E-state index contributed by atoms with van der Waals surface area (Å²) in [5.74, 6) is 2.45. The van der Waals surface area contributed by atoms with Crippen LogP contribution in [0.3, 0.4) is 0 Å². The fraction of sp³-hybridized carbons (Fsp3) is 0.422. The molecule has 2 aromatic heterocycles. The van der Waals surface area contributed by atoms with Crippen LogP contribution in [0, 0.1) is 11.8 Å². The molecule has 4 atom stereocenters. The van der Waals surface area contributed by atoms with E-state index in [9.17, 15) is 19.2 Å². The van der Waals surface area contributed by atoms with Gasteiger partial charge in [-0.05, 0) is 84.0 Å². The standard InChI is InChI=1S/C45H52N8O7/c1-24(2)38(50-44(56)58-5)42(54)52-17-7-9-34(52)40-46-23-33(49-40)28-12-14-30-19-29-13-11-27(21-36(29)60-37(30)22-28)26-15-16-31-32(20-26)48-41(47-31)35-10-8-18-53(35)43(55)39(25(3)4)51-45(57)59-6/h11-16,20-25,34-35,38-39H,7-10,17-19H2,1-6H3,(H,46,49)(H,47,48)(H,50,56)(H,51,57)/t34-,35-,38?,39-/m0/s1. The third-order valence-electron chi connectivity index (χ3n) is 12.0. The molecule has 4 amide bonds. The molecule has 0 saturated carbocycles. The first-order chi connectivity index (χ1) is 28.9. The Bertz CT molecular complexity index is 2440. The lowest BCUT2D eigenvalue weighted by molar-refractivity contribution is -0.136. The zero-order valence-electron chi connectivity index (χ0n) is 34.8. The van der Waals surface area contributed by atoms with Crippen molar-refractivity contribution in [3.63, 3.8) is 0 Å². The van der Waals surface area contributed by atoms with Gasteiger partial charge in [-0.15, -0.1) is 0 Å². The number of likely N-dealkylation sites (tertiary alicyclic amines) is 2. The van der Waals surface area contributed by atoms with E-state index in [4.69, 9.17) is 24.2 Å². The lowest BCUT2D eigenvalue weighted by Gasteiger charge is -2.30. The van der Waals surface area contributed by atoms with Crippen LogP contribution in [0.2, 0.25) is 0 Å². The number of H-pyrrole nitrogens is 2. The van der Waals surface area contributed by atoms with E-state index < -0.39 is 24.3 Å². The fourth-order valence-corrected chi connectivity index (χ4v) is 8.67. The van der Waals surface area contributed by atoms with Gasteiger partial charge in [-0.25, -0.2) is 19.6 Å². The smallest absolute Gasteiger partial charge is 0.407 e. The predicted octanol–water partition coefficient (Wildman–Crippen LogP) is 7.40. The maximum atomic E-state index is 13.7. The van der Waals surface area contributed by atoms with Crippen LogP contribution >= 0.6 is 0 Å². The molecular weight excluding hydrogens is 765 g/mol. The maximum Gasteiger partial charge on any atom is 0.407 e. The van der Waals surface area contributed by atoms with Gasteiger partial charge in [0.05, 0.1) is 49.2 Å². The lowest BCUT2D eigenvalue weighted by Crippen LogP contribution is -2.51. The monoisotopic (exact) mass is 816 g/mol. The van der Waals surface area contributed by atoms with Crippen LogP contribution in [0.25, 0.3) is 33.4 Å². The Morgan fingerprint density at radius 3 is 1.83 bits per heavy atom. The van der Waals surface area contributed by atoms with Crippen molar-refractivity contribution in [3.05, 3.63) is 83.6 Å². The third-order valence-corrected chi connectivity index (χ3v) is 12.0. The highest BCUT2D eigenvalue weighted by molar-refractivity contribution is 5.88. The number of aromatic nitrogens is 4. The van der Waals surface area contributed by atoms with Crippen LogP contribution in [-0.4, -0.2) is 93.1 Å². The number of nitrogens with one attached hydrogen (secondary N) is 4. The average molecular weight is 817 g/mol. The van der Waals surface area contributed by atoms with E-state index in [1.165, 1.54) is 14.2 Å². The second-order valence-corrected chi connectivity index (χ2v) is 16.6. The molecule has 3 aliphatic heterocycles. The number of hydrogen-bond acceptors (Lipinski definition) is 9. The first-order valence-corrected chi connectivity index (χ1v) is 20.7. The molecule has 60 heavy (non-hydrogen) atoms.